The predicted octanol–water partition coefficient (Wildman–Crippen LogP) is 1.19. The fourth-order valence-electron chi connectivity index (χ4n) is 2.09. The average Bonchev–Trinajstić information content (AvgIpc) is 2.73. The number of hydrogen-bond donors (Lipinski definition) is 1. The lowest BCUT2D eigenvalue weighted by atomic mass is 10.1. The maximum atomic E-state index is 4.62. The van der Waals surface area contributed by atoms with Gasteiger partial charge in [0.2, 0.25) is 0 Å². The molecule has 0 atom stereocenters. The van der Waals surface area contributed by atoms with Gasteiger partial charge in [-0.25, -0.2) is 4.98 Å². The van der Waals surface area contributed by atoms with Crippen molar-refractivity contribution in [3.8, 4) is 0 Å². The second-order valence-electron chi connectivity index (χ2n) is 4.20. The Morgan fingerprint density at radius 3 is 3.12 bits per heavy atom. The first-order valence-electron chi connectivity index (χ1n) is 5.72. The highest BCUT2D eigenvalue weighted by Gasteiger charge is 2.23. The van der Waals surface area contributed by atoms with Crippen molar-refractivity contribution in [2.24, 2.45) is 0 Å². The van der Waals surface area contributed by atoms with Gasteiger partial charge in [0.25, 0.3) is 0 Å². The van der Waals surface area contributed by atoms with E-state index in [4.69, 9.17) is 0 Å². The summed E-state index contributed by atoms with van der Waals surface area (Å²) < 4.78 is 2.10. The van der Waals surface area contributed by atoms with Crippen LogP contribution in [0.4, 0.5) is 0 Å². The summed E-state index contributed by atoms with van der Waals surface area (Å²) in [5, 5.41) is 5.39. The monoisotopic (exact) mass is 236 g/mol. The number of nitrogens with one attached hydrogen (secondary N) is 1. The number of likely N-dealkylation sites (N-methyl/N-ethyl adjacent to an activating group) is 1. The van der Waals surface area contributed by atoms with E-state index in [2.05, 4.69) is 44.3 Å². The third-order valence-electron chi connectivity index (χ3n) is 3.19. The summed E-state index contributed by atoms with van der Waals surface area (Å²) in [4.78, 5) is 8.20. The Balaban J connectivity index is 1.74. The molecule has 0 bridgehead atoms. The van der Waals surface area contributed by atoms with Crippen molar-refractivity contribution in [3.05, 3.63) is 23.5 Å². The van der Waals surface area contributed by atoms with Crippen LogP contribution < -0.4 is 5.32 Å². The van der Waals surface area contributed by atoms with Crippen molar-refractivity contribution in [2.75, 3.05) is 19.6 Å². The van der Waals surface area contributed by atoms with Crippen LogP contribution in [0.15, 0.2) is 17.8 Å². The number of fused-ring (bicyclic) bond motifs is 1. The molecule has 3 heterocycles. The van der Waals surface area contributed by atoms with Gasteiger partial charge in [0.1, 0.15) is 0 Å². The molecule has 1 aliphatic rings. The van der Waals surface area contributed by atoms with E-state index in [0.717, 1.165) is 31.1 Å². The van der Waals surface area contributed by atoms with E-state index in [-0.39, 0.29) is 0 Å². The summed E-state index contributed by atoms with van der Waals surface area (Å²) in [6, 6.07) is 0.699. The summed E-state index contributed by atoms with van der Waals surface area (Å²) in [5.74, 6) is 0. The average molecular weight is 236 g/mol. The zero-order valence-corrected chi connectivity index (χ0v) is 10.2. The Hall–Kier alpha value is -0.910. The molecule has 1 N–H and O–H groups in total. The van der Waals surface area contributed by atoms with Crippen LogP contribution >= 0.6 is 11.3 Å². The molecule has 86 valence electrons. The van der Waals surface area contributed by atoms with E-state index in [1.54, 1.807) is 11.3 Å². The van der Waals surface area contributed by atoms with E-state index in [1.165, 1.54) is 5.69 Å². The summed E-state index contributed by atoms with van der Waals surface area (Å²) in [7, 11) is 0. The Morgan fingerprint density at radius 2 is 2.50 bits per heavy atom. The first kappa shape index (κ1) is 10.3. The topological polar surface area (TPSA) is 32.6 Å². The van der Waals surface area contributed by atoms with Crippen molar-refractivity contribution in [3.63, 3.8) is 0 Å². The van der Waals surface area contributed by atoms with Crippen LogP contribution in [-0.2, 0) is 6.54 Å². The molecule has 2 aromatic rings. The molecule has 0 aromatic carbocycles. The fraction of sp³-hybridized carbons (Fsp3) is 0.545. The predicted molar refractivity (Wildman–Crippen MR) is 65.8 cm³/mol. The minimum Gasteiger partial charge on any atom is -0.314 e. The molecule has 1 aliphatic heterocycles. The molecule has 16 heavy (non-hydrogen) atoms. The first-order valence-corrected chi connectivity index (χ1v) is 6.60. The van der Waals surface area contributed by atoms with Gasteiger partial charge >= 0.3 is 0 Å². The van der Waals surface area contributed by atoms with Gasteiger partial charge in [-0.2, -0.15) is 0 Å². The molecule has 2 aromatic heterocycles. The molecule has 0 aliphatic carbocycles. The Bertz CT molecular complexity index is 442. The van der Waals surface area contributed by atoms with Crippen molar-refractivity contribution in [2.45, 2.75) is 19.5 Å². The van der Waals surface area contributed by atoms with Gasteiger partial charge in [-0.05, 0) is 6.54 Å². The lowest BCUT2D eigenvalue weighted by Crippen LogP contribution is -2.56. The molecule has 5 heteroatoms. The molecule has 1 fully saturated rings. The van der Waals surface area contributed by atoms with Gasteiger partial charge < -0.3 is 5.32 Å². The van der Waals surface area contributed by atoms with Crippen molar-refractivity contribution in [1.29, 1.82) is 0 Å². The van der Waals surface area contributed by atoms with E-state index in [1.807, 2.05) is 0 Å². The normalized spacial score (nSPS) is 17.1. The second kappa shape index (κ2) is 4.16. The molecule has 3 rings (SSSR count). The number of nitrogens with zero attached hydrogens (tertiary/aromatic N) is 3. The molecule has 0 saturated carbocycles. The van der Waals surface area contributed by atoms with Crippen LogP contribution in [0.2, 0.25) is 0 Å². The van der Waals surface area contributed by atoms with Crippen LogP contribution in [0.3, 0.4) is 0 Å². The number of imidazole rings is 1. The maximum Gasteiger partial charge on any atom is 0.193 e. The highest BCUT2D eigenvalue weighted by atomic mass is 32.1. The van der Waals surface area contributed by atoms with Crippen LogP contribution in [0.5, 0.6) is 0 Å². The minimum atomic E-state index is 0.699. The third-order valence-corrected chi connectivity index (χ3v) is 3.96. The molecular weight excluding hydrogens is 220 g/mol. The molecule has 0 unspecified atom stereocenters. The summed E-state index contributed by atoms with van der Waals surface area (Å²) in [6.45, 7) is 6.53. The summed E-state index contributed by atoms with van der Waals surface area (Å²) >= 11 is 1.69. The Morgan fingerprint density at radius 1 is 1.62 bits per heavy atom. The number of aromatic nitrogens is 2. The minimum absolute atomic E-state index is 0.699. The van der Waals surface area contributed by atoms with E-state index in [0.29, 0.717) is 6.04 Å². The summed E-state index contributed by atoms with van der Waals surface area (Å²) in [6.07, 6.45) is 4.21. The smallest absolute Gasteiger partial charge is 0.193 e. The zero-order valence-electron chi connectivity index (χ0n) is 9.39. The van der Waals surface area contributed by atoms with Gasteiger partial charge in [0.15, 0.2) is 4.96 Å². The van der Waals surface area contributed by atoms with Crippen molar-refractivity contribution < 1.29 is 0 Å². The van der Waals surface area contributed by atoms with Gasteiger partial charge in [-0.3, -0.25) is 9.30 Å². The van der Waals surface area contributed by atoms with Crippen LogP contribution in [0.1, 0.15) is 12.6 Å². The highest BCUT2D eigenvalue weighted by molar-refractivity contribution is 7.15. The molecule has 0 amide bonds. The van der Waals surface area contributed by atoms with Crippen molar-refractivity contribution in [1.82, 2.24) is 19.6 Å². The highest BCUT2D eigenvalue weighted by Crippen LogP contribution is 2.14. The largest absolute Gasteiger partial charge is 0.314 e. The maximum absolute atomic E-state index is 4.62. The van der Waals surface area contributed by atoms with E-state index < -0.39 is 0 Å². The van der Waals surface area contributed by atoms with Crippen LogP contribution in [0.25, 0.3) is 4.96 Å². The van der Waals surface area contributed by atoms with Gasteiger partial charge in [-0.15, -0.1) is 11.3 Å². The number of hydrogen-bond acceptors (Lipinski definition) is 4. The Labute approximate surface area is 98.9 Å². The lowest BCUT2D eigenvalue weighted by molar-refractivity contribution is 0.144. The third kappa shape index (κ3) is 1.75. The number of rotatable bonds is 4. The zero-order chi connectivity index (χ0) is 11.0. The molecule has 4 nitrogen and oxygen atoms in total. The quantitative estimate of drug-likeness (QED) is 0.865. The van der Waals surface area contributed by atoms with Gasteiger partial charge in [-0.1, -0.05) is 6.92 Å². The molecule has 0 spiro atoms. The van der Waals surface area contributed by atoms with Gasteiger partial charge in [0, 0.05) is 43.4 Å². The van der Waals surface area contributed by atoms with Crippen LogP contribution in [-0.4, -0.2) is 40.0 Å². The standard InChI is InChI=1S/C11H16N4S/c1-2-14(10-5-12-6-10)7-9-8-15-3-4-16-11(15)13-9/h3-4,8,10,12H,2,5-7H2,1H3. The van der Waals surface area contributed by atoms with Gasteiger partial charge in [0.05, 0.1) is 5.69 Å². The Kier molecular flexibility index (Phi) is 2.67. The molecule has 0 radical (unpaired) electrons. The molecule has 1 saturated heterocycles. The molecular formula is C11H16N4S. The lowest BCUT2D eigenvalue weighted by Gasteiger charge is -2.37. The second-order valence-corrected chi connectivity index (χ2v) is 5.07. The van der Waals surface area contributed by atoms with E-state index >= 15 is 0 Å². The summed E-state index contributed by atoms with van der Waals surface area (Å²) in [5.41, 5.74) is 1.18. The van der Waals surface area contributed by atoms with E-state index in [9.17, 15) is 0 Å². The van der Waals surface area contributed by atoms with Crippen molar-refractivity contribution >= 4 is 16.3 Å². The number of thiazole rings is 1. The fourth-order valence-corrected chi connectivity index (χ4v) is 2.81. The first-order chi connectivity index (χ1) is 7.86. The SMILES string of the molecule is CCN(Cc1cn2ccsc2n1)C1CNC1. The van der Waals surface area contributed by atoms with Crippen LogP contribution in [0, 0.1) is 0 Å².